The highest BCUT2D eigenvalue weighted by Crippen LogP contribution is 2.32. The summed E-state index contributed by atoms with van der Waals surface area (Å²) in [4.78, 5) is 28.9. The van der Waals surface area contributed by atoms with Crippen LogP contribution in [0.5, 0.6) is 11.5 Å². The second-order valence-electron chi connectivity index (χ2n) is 10.8. The lowest BCUT2D eigenvalue weighted by Crippen LogP contribution is -2.55. The molecular weight excluding hydrogens is 613 g/mol. The molecule has 3 aromatic carbocycles. The van der Waals surface area contributed by atoms with Crippen LogP contribution in [0.4, 0.5) is 5.69 Å². The molecule has 0 aromatic heterocycles. The Kier molecular flexibility index (Phi) is 11.3. The van der Waals surface area contributed by atoms with E-state index in [4.69, 9.17) is 32.7 Å². The van der Waals surface area contributed by atoms with Crippen LogP contribution in [0.2, 0.25) is 10.0 Å². The second-order valence-corrected chi connectivity index (χ2v) is 13.5. The number of rotatable bonds is 12. The average Bonchev–Trinajstić information content (AvgIpc) is 2.96. The Morgan fingerprint density at radius 2 is 1.56 bits per heavy atom. The number of nitrogens with one attached hydrogen (secondary N) is 1. The third-order valence-electron chi connectivity index (χ3n) is 6.49. The Bertz CT molecular complexity index is 1540. The number of para-hydroxylation sites is 1. The smallest absolute Gasteiger partial charge is 0.264 e. The Morgan fingerprint density at radius 3 is 2.12 bits per heavy atom. The molecule has 43 heavy (non-hydrogen) atoms. The lowest BCUT2D eigenvalue weighted by Gasteiger charge is -2.34. The van der Waals surface area contributed by atoms with Gasteiger partial charge in [-0.05, 0) is 69.2 Å². The Labute approximate surface area is 263 Å². The van der Waals surface area contributed by atoms with Crippen molar-refractivity contribution >= 4 is 50.7 Å². The van der Waals surface area contributed by atoms with Crippen molar-refractivity contribution in [3.8, 4) is 11.5 Å². The molecule has 0 radical (unpaired) electrons. The number of hydrogen-bond acceptors (Lipinski definition) is 6. The van der Waals surface area contributed by atoms with Gasteiger partial charge in [0.1, 0.15) is 12.6 Å². The highest BCUT2D eigenvalue weighted by Gasteiger charge is 2.35. The minimum Gasteiger partial charge on any atom is -0.493 e. The van der Waals surface area contributed by atoms with Gasteiger partial charge in [-0.3, -0.25) is 13.9 Å². The molecule has 1 atom stereocenters. The van der Waals surface area contributed by atoms with Crippen molar-refractivity contribution in [2.75, 3.05) is 25.1 Å². The zero-order valence-corrected chi connectivity index (χ0v) is 27.4. The molecule has 0 aliphatic heterocycles. The molecule has 0 fully saturated rings. The molecule has 0 saturated heterocycles. The van der Waals surface area contributed by atoms with Crippen LogP contribution >= 0.6 is 23.2 Å². The number of hydrogen-bond donors (Lipinski definition) is 1. The van der Waals surface area contributed by atoms with Crippen molar-refractivity contribution in [3.63, 3.8) is 0 Å². The summed E-state index contributed by atoms with van der Waals surface area (Å²) in [6.07, 6.45) is 0.280. The van der Waals surface area contributed by atoms with Gasteiger partial charge < -0.3 is 19.7 Å². The number of carbonyl (C=O) groups is 2. The lowest BCUT2D eigenvalue weighted by atomic mass is 10.1. The first-order chi connectivity index (χ1) is 20.2. The molecular formula is C31H37Cl2N3O6S. The van der Waals surface area contributed by atoms with Crippen LogP contribution in [-0.2, 0) is 26.2 Å². The summed E-state index contributed by atoms with van der Waals surface area (Å²) in [5, 5.41) is 3.58. The summed E-state index contributed by atoms with van der Waals surface area (Å²) in [6, 6.07) is 16.5. The van der Waals surface area contributed by atoms with Gasteiger partial charge in [-0.25, -0.2) is 8.42 Å². The van der Waals surface area contributed by atoms with E-state index in [1.807, 2.05) is 20.8 Å². The van der Waals surface area contributed by atoms with E-state index < -0.39 is 34.1 Å². The molecule has 0 aliphatic rings. The molecule has 0 spiro atoms. The first-order valence-corrected chi connectivity index (χ1v) is 15.8. The minimum absolute atomic E-state index is 0.00910. The SMILES string of the molecule is CC[C@H](C(=O)NC(C)(C)C)N(Cc1ccc(Cl)c(Cl)c1)C(=O)CN(c1ccccc1)S(=O)(=O)c1ccc(OC)c(OC)c1. The quantitative estimate of drug-likeness (QED) is 0.261. The molecule has 0 heterocycles. The van der Waals surface area contributed by atoms with Gasteiger partial charge in [-0.15, -0.1) is 0 Å². The summed E-state index contributed by atoms with van der Waals surface area (Å²) in [5.41, 5.74) is 0.335. The van der Waals surface area contributed by atoms with Gasteiger partial charge >= 0.3 is 0 Å². The number of sulfonamides is 1. The van der Waals surface area contributed by atoms with Gasteiger partial charge in [-0.1, -0.05) is 54.4 Å². The van der Waals surface area contributed by atoms with Crippen molar-refractivity contribution in [2.24, 2.45) is 0 Å². The number of anilines is 1. The van der Waals surface area contributed by atoms with Crippen molar-refractivity contribution in [1.82, 2.24) is 10.2 Å². The van der Waals surface area contributed by atoms with Crippen LogP contribution in [0.3, 0.4) is 0 Å². The molecule has 3 aromatic rings. The number of amides is 2. The maximum Gasteiger partial charge on any atom is 0.264 e. The summed E-state index contributed by atoms with van der Waals surface area (Å²) in [6.45, 7) is 6.73. The molecule has 1 N–H and O–H groups in total. The molecule has 12 heteroatoms. The fourth-order valence-corrected chi connectivity index (χ4v) is 6.19. The van der Waals surface area contributed by atoms with E-state index in [1.54, 1.807) is 55.5 Å². The van der Waals surface area contributed by atoms with E-state index in [2.05, 4.69) is 5.32 Å². The number of methoxy groups -OCH3 is 2. The number of benzene rings is 3. The van der Waals surface area contributed by atoms with Crippen LogP contribution < -0.4 is 19.1 Å². The van der Waals surface area contributed by atoms with Gasteiger partial charge in [0.2, 0.25) is 11.8 Å². The second kappa shape index (κ2) is 14.3. The molecule has 3 rings (SSSR count). The lowest BCUT2D eigenvalue weighted by molar-refractivity contribution is -0.141. The van der Waals surface area contributed by atoms with Gasteiger partial charge in [0, 0.05) is 18.2 Å². The number of carbonyl (C=O) groups excluding carboxylic acids is 2. The standard InChI is InChI=1S/C31H37Cl2N3O6S/c1-7-26(30(38)34-31(2,3)4)35(19-21-13-15-24(32)25(33)17-21)29(37)20-36(22-11-9-8-10-12-22)43(39,40)23-14-16-27(41-5)28(18-23)42-6/h8-18,26H,7,19-20H2,1-6H3,(H,34,38)/t26-/m1/s1. The maximum atomic E-state index is 14.2. The highest BCUT2D eigenvalue weighted by molar-refractivity contribution is 7.92. The van der Waals surface area contributed by atoms with Crippen molar-refractivity contribution < 1.29 is 27.5 Å². The van der Waals surface area contributed by atoms with Gasteiger partial charge in [0.25, 0.3) is 10.0 Å². The highest BCUT2D eigenvalue weighted by atomic mass is 35.5. The maximum absolute atomic E-state index is 14.2. The average molecular weight is 651 g/mol. The summed E-state index contributed by atoms with van der Waals surface area (Å²) < 4.78 is 39.8. The van der Waals surface area contributed by atoms with Gasteiger partial charge in [-0.2, -0.15) is 0 Å². The van der Waals surface area contributed by atoms with E-state index in [1.165, 1.54) is 37.3 Å². The minimum atomic E-state index is -4.30. The monoisotopic (exact) mass is 649 g/mol. The number of ether oxygens (including phenoxy) is 2. The van der Waals surface area contributed by atoms with E-state index in [0.29, 0.717) is 21.4 Å². The fourth-order valence-electron chi connectivity index (χ4n) is 4.43. The van der Waals surface area contributed by atoms with Crippen LogP contribution in [0.15, 0.2) is 71.6 Å². The van der Waals surface area contributed by atoms with Crippen molar-refractivity contribution in [1.29, 1.82) is 0 Å². The Morgan fingerprint density at radius 1 is 0.907 bits per heavy atom. The molecule has 0 aliphatic carbocycles. The molecule has 232 valence electrons. The fraction of sp³-hybridized carbons (Fsp3) is 0.355. The zero-order chi connectivity index (χ0) is 31.9. The third-order valence-corrected chi connectivity index (χ3v) is 9.00. The van der Waals surface area contributed by atoms with Crippen LogP contribution in [0.25, 0.3) is 0 Å². The van der Waals surface area contributed by atoms with E-state index in [-0.39, 0.29) is 35.2 Å². The predicted octanol–water partition coefficient (Wildman–Crippen LogP) is 5.93. The first-order valence-electron chi connectivity index (χ1n) is 13.6. The van der Waals surface area contributed by atoms with Crippen molar-refractivity contribution in [2.45, 2.75) is 57.1 Å². The number of halogens is 2. The topological polar surface area (TPSA) is 105 Å². The molecule has 2 amide bonds. The summed E-state index contributed by atoms with van der Waals surface area (Å²) in [7, 11) is -1.44. The Balaban J connectivity index is 2.10. The molecule has 9 nitrogen and oxygen atoms in total. The zero-order valence-electron chi connectivity index (χ0n) is 25.1. The van der Waals surface area contributed by atoms with E-state index >= 15 is 0 Å². The summed E-state index contributed by atoms with van der Waals surface area (Å²) >= 11 is 12.4. The van der Waals surface area contributed by atoms with Gasteiger partial charge in [0.15, 0.2) is 11.5 Å². The predicted molar refractivity (Wildman–Crippen MR) is 170 cm³/mol. The van der Waals surface area contributed by atoms with E-state index in [0.717, 1.165) is 4.31 Å². The third kappa shape index (κ3) is 8.55. The van der Waals surface area contributed by atoms with Gasteiger partial charge in [0.05, 0.1) is 34.8 Å². The number of nitrogens with zero attached hydrogens (tertiary/aromatic N) is 2. The van der Waals surface area contributed by atoms with Crippen LogP contribution in [-0.4, -0.2) is 57.5 Å². The summed E-state index contributed by atoms with van der Waals surface area (Å²) in [5.74, 6) is -0.381. The Hall–Kier alpha value is -3.47. The molecule has 0 unspecified atom stereocenters. The normalized spacial score (nSPS) is 12.3. The molecule has 0 saturated carbocycles. The van der Waals surface area contributed by atoms with Crippen LogP contribution in [0, 0.1) is 0 Å². The largest absolute Gasteiger partial charge is 0.493 e. The first kappa shape index (κ1) is 34.0. The van der Waals surface area contributed by atoms with Crippen molar-refractivity contribution in [3.05, 3.63) is 82.3 Å². The van der Waals surface area contributed by atoms with E-state index in [9.17, 15) is 18.0 Å². The molecule has 0 bridgehead atoms. The van der Waals surface area contributed by atoms with Crippen LogP contribution in [0.1, 0.15) is 39.7 Å².